The van der Waals surface area contributed by atoms with Crippen LogP contribution < -0.4 is 10.6 Å². The molecule has 0 saturated carbocycles. The summed E-state index contributed by atoms with van der Waals surface area (Å²) < 4.78 is 0. The first-order chi connectivity index (χ1) is 7.45. The predicted octanol–water partition coefficient (Wildman–Crippen LogP) is 1.57. The van der Waals surface area contributed by atoms with Crippen LogP contribution in [0.4, 0.5) is 0 Å². The van der Waals surface area contributed by atoms with Crippen LogP contribution in [0.5, 0.6) is 0 Å². The van der Waals surface area contributed by atoms with Gasteiger partial charge in [0.2, 0.25) is 0 Å². The van der Waals surface area contributed by atoms with E-state index in [1.165, 1.54) is 31.5 Å². The van der Waals surface area contributed by atoms with Crippen molar-refractivity contribution in [2.24, 2.45) is 0 Å². The first-order valence-electron chi connectivity index (χ1n) is 5.93. The molecule has 1 aromatic rings. The van der Waals surface area contributed by atoms with Crippen LogP contribution in [0.25, 0.3) is 0 Å². The van der Waals surface area contributed by atoms with Gasteiger partial charge in [-0.1, -0.05) is 30.3 Å². The molecule has 1 aromatic carbocycles. The molecule has 2 N–H and O–H groups in total. The van der Waals surface area contributed by atoms with Crippen molar-refractivity contribution >= 4 is 0 Å². The molecule has 2 rings (SSSR count). The maximum Gasteiger partial charge on any atom is 0.00913 e. The lowest BCUT2D eigenvalue weighted by Crippen LogP contribution is -2.40. The molecule has 0 amide bonds. The second-order valence-electron chi connectivity index (χ2n) is 4.21. The minimum absolute atomic E-state index is 0.731. The largest absolute Gasteiger partial charge is 0.317 e. The van der Waals surface area contributed by atoms with E-state index in [0.29, 0.717) is 0 Å². The Morgan fingerprint density at radius 3 is 2.60 bits per heavy atom. The zero-order valence-electron chi connectivity index (χ0n) is 9.21. The third kappa shape index (κ3) is 3.65. The lowest BCUT2D eigenvalue weighted by molar-refractivity contribution is 0.389. The van der Waals surface area contributed by atoms with Gasteiger partial charge in [-0.2, -0.15) is 0 Å². The van der Waals surface area contributed by atoms with Gasteiger partial charge in [-0.25, -0.2) is 0 Å². The minimum atomic E-state index is 0.731. The van der Waals surface area contributed by atoms with E-state index in [9.17, 15) is 0 Å². The molecule has 82 valence electrons. The summed E-state index contributed by atoms with van der Waals surface area (Å²) in [5.41, 5.74) is 1.43. The molecule has 1 heterocycles. The molecule has 0 aromatic heterocycles. The van der Waals surface area contributed by atoms with Gasteiger partial charge in [0.15, 0.2) is 0 Å². The molecule has 0 atom stereocenters. The van der Waals surface area contributed by atoms with Crippen LogP contribution in [0.15, 0.2) is 30.3 Å². The second kappa shape index (κ2) is 5.89. The molecular formula is C13H20N2. The van der Waals surface area contributed by atoms with E-state index in [-0.39, 0.29) is 0 Å². The Bertz CT molecular complexity index is 265. The summed E-state index contributed by atoms with van der Waals surface area (Å²) in [4.78, 5) is 0. The fourth-order valence-electron chi connectivity index (χ4n) is 2.09. The molecule has 0 radical (unpaired) electrons. The summed E-state index contributed by atoms with van der Waals surface area (Å²) in [5.74, 6) is 0. The van der Waals surface area contributed by atoms with Crippen molar-refractivity contribution in [1.82, 2.24) is 10.6 Å². The molecule has 1 saturated heterocycles. The lowest BCUT2D eigenvalue weighted by Gasteiger charge is -2.23. The number of hydrogen-bond acceptors (Lipinski definition) is 2. The Morgan fingerprint density at radius 2 is 1.87 bits per heavy atom. The summed E-state index contributed by atoms with van der Waals surface area (Å²) in [6.45, 7) is 3.45. The van der Waals surface area contributed by atoms with Crippen molar-refractivity contribution in [2.45, 2.75) is 25.3 Å². The van der Waals surface area contributed by atoms with Gasteiger partial charge in [-0.3, -0.25) is 0 Å². The van der Waals surface area contributed by atoms with Gasteiger partial charge in [0.1, 0.15) is 0 Å². The fourth-order valence-corrected chi connectivity index (χ4v) is 2.09. The van der Waals surface area contributed by atoms with Crippen molar-refractivity contribution in [3.63, 3.8) is 0 Å². The number of benzene rings is 1. The average molecular weight is 204 g/mol. The topological polar surface area (TPSA) is 24.1 Å². The maximum absolute atomic E-state index is 3.63. The summed E-state index contributed by atoms with van der Waals surface area (Å²) >= 11 is 0. The molecule has 1 fully saturated rings. The quantitative estimate of drug-likeness (QED) is 0.778. The van der Waals surface area contributed by atoms with E-state index < -0.39 is 0 Å². The highest BCUT2D eigenvalue weighted by Gasteiger charge is 2.10. The van der Waals surface area contributed by atoms with Crippen LogP contribution in [0, 0.1) is 0 Å². The van der Waals surface area contributed by atoms with E-state index in [1.807, 2.05) is 0 Å². The molecule has 0 bridgehead atoms. The fraction of sp³-hybridized carbons (Fsp3) is 0.538. The SMILES string of the molecule is c1ccc(CCNC2CCNCC2)cc1. The van der Waals surface area contributed by atoms with Crippen molar-refractivity contribution in [1.29, 1.82) is 0 Å². The Hall–Kier alpha value is -0.860. The predicted molar refractivity (Wildman–Crippen MR) is 64.0 cm³/mol. The molecule has 0 spiro atoms. The van der Waals surface area contributed by atoms with E-state index in [1.54, 1.807) is 0 Å². The van der Waals surface area contributed by atoms with Crippen LogP contribution >= 0.6 is 0 Å². The summed E-state index contributed by atoms with van der Waals surface area (Å²) in [6, 6.07) is 11.4. The Labute approximate surface area is 92.1 Å². The molecule has 2 nitrogen and oxygen atoms in total. The molecule has 1 aliphatic heterocycles. The number of piperidine rings is 1. The third-order valence-corrected chi connectivity index (χ3v) is 3.03. The lowest BCUT2D eigenvalue weighted by atomic mass is 10.1. The minimum Gasteiger partial charge on any atom is -0.317 e. The van der Waals surface area contributed by atoms with Crippen molar-refractivity contribution in [2.75, 3.05) is 19.6 Å². The van der Waals surface area contributed by atoms with E-state index in [2.05, 4.69) is 41.0 Å². The van der Waals surface area contributed by atoms with Crippen LogP contribution in [0.1, 0.15) is 18.4 Å². The Morgan fingerprint density at radius 1 is 1.13 bits per heavy atom. The van der Waals surface area contributed by atoms with Gasteiger partial charge in [0.25, 0.3) is 0 Å². The van der Waals surface area contributed by atoms with Gasteiger partial charge < -0.3 is 10.6 Å². The summed E-state index contributed by atoms with van der Waals surface area (Å²) in [7, 11) is 0. The van der Waals surface area contributed by atoms with Crippen LogP contribution in [0.3, 0.4) is 0 Å². The first kappa shape index (κ1) is 10.7. The molecule has 15 heavy (non-hydrogen) atoms. The highest BCUT2D eigenvalue weighted by Crippen LogP contribution is 2.03. The van der Waals surface area contributed by atoms with Gasteiger partial charge in [0.05, 0.1) is 0 Å². The number of hydrogen-bond donors (Lipinski definition) is 2. The molecule has 0 aliphatic carbocycles. The highest BCUT2D eigenvalue weighted by molar-refractivity contribution is 5.14. The monoisotopic (exact) mass is 204 g/mol. The van der Waals surface area contributed by atoms with Crippen molar-refractivity contribution < 1.29 is 0 Å². The second-order valence-corrected chi connectivity index (χ2v) is 4.21. The number of nitrogens with one attached hydrogen (secondary N) is 2. The zero-order valence-corrected chi connectivity index (χ0v) is 9.21. The maximum atomic E-state index is 3.63. The van der Waals surface area contributed by atoms with Gasteiger partial charge in [-0.15, -0.1) is 0 Å². The zero-order chi connectivity index (χ0) is 10.3. The number of rotatable bonds is 4. The van der Waals surface area contributed by atoms with E-state index in [4.69, 9.17) is 0 Å². The molecule has 1 aliphatic rings. The third-order valence-electron chi connectivity index (χ3n) is 3.03. The first-order valence-corrected chi connectivity index (χ1v) is 5.93. The standard InChI is InChI=1S/C13H20N2/c1-2-4-12(5-3-1)6-11-15-13-7-9-14-10-8-13/h1-5,13-15H,6-11H2. The Kier molecular flexibility index (Phi) is 4.18. The van der Waals surface area contributed by atoms with Crippen molar-refractivity contribution in [3.05, 3.63) is 35.9 Å². The van der Waals surface area contributed by atoms with Crippen LogP contribution in [0.2, 0.25) is 0 Å². The van der Waals surface area contributed by atoms with Crippen LogP contribution in [-0.4, -0.2) is 25.7 Å². The molecule has 0 unspecified atom stereocenters. The van der Waals surface area contributed by atoms with Crippen LogP contribution in [-0.2, 0) is 6.42 Å². The highest BCUT2D eigenvalue weighted by atomic mass is 15.0. The smallest absolute Gasteiger partial charge is 0.00913 e. The van der Waals surface area contributed by atoms with Gasteiger partial charge in [0, 0.05) is 6.04 Å². The molecule has 2 heteroatoms. The van der Waals surface area contributed by atoms with E-state index >= 15 is 0 Å². The van der Waals surface area contributed by atoms with E-state index in [0.717, 1.165) is 19.0 Å². The van der Waals surface area contributed by atoms with Gasteiger partial charge in [-0.05, 0) is 44.5 Å². The van der Waals surface area contributed by atoms with Gasteiger partial charge >= 0.3 is 0 Å². The molecular weight excluding hydrogens is 184 g/mol. The normalized spacial score (nSPS) is 17.9. The average Bonchev–Trinajstić information content (AvgIpc) is 2.32. The Balaban J connectivity index is 1.66. The summed E-state index contributed by atoms with van der Waals surface area (Å²) in [5, 5.41) is 7.01. The summed E-state index contributed by atoms with van der Waals surface area (Å²) in [6.07, 6.45) is 3.69. The van der Waals surface area contributed by atoms with Crippen molar-refractivity contribution in [3.8, 4) is 0 Å².